The Balaban J connectivity index is 1.52. The highest BCUT2D eigenvalue weighted by Gasteiger charge is 2.49. The van der Waals surface area contributed by atoms with Gasteiger partial charge in [0, 0.05) is 46.9 Å². The largest absolute Gasteiger partial charge is 0.354 e. The lowest BCUT2D eigenvalue weighted by molar-refractivity contribution is -0.147. The summed E-state index contributed by atoms with van der Waals surface area (Å²) < 4.78 is 13.6. The Morgan fingerprint density at radius 1 is 0.538 bits per heavy atom. The van der Waals surface area contributed by atoms with Crippen LogP contribution in [-0.2, 0) is 9.47 Å². The molecule has 260 valence electrons. The monoisotopic (exact) mass is 683 g/mol. The van der Waals surface area contributed by atoms with E-state index in [1.165, 1.54) is 11.1 Å². The van der Waals surface area contributed by atoms with E-state index >= 15 is 0 Å². The number of H-pyrrole nitrogens is 1. The minimum Gasteiger partial charge on any atom is -0.354 e. The molecule has 0 saturated heterocycles. The summed E-state index contributed by atoms with van der Waals surface area (Å²) in [6, 6.07) is 29.9. The van der Waals surface area contributed by atoms with Crippen molar-refractivity contribution in [3.8, 4) is 22.3 Å². The van der Waals surface area contributed by atoms with Crippen molar-refractivity contribution in [3.05, 3.63) is 153 Å². The fourth-order valence-corrected chi connectivity index (χ4v) is 8.34. The molecular weight excluding hydrogens is 639 g/mol. The predicted octanol–water partition coefficient (Wildman–Crippen LogP) is 11.7. The standard InChI is InChI=1S/C47H45N3O2/c1-7-33-29(5)39-25-37-35-23-17-18-24-36(35)38(47(37,51-9-3)52-10-4)26-40-30(6)34(8-2)42(49-40)28-44-46(32-21-15-12-16-22-32)45(31-19-13-11-14-20-31)43(50-44)27-41(33)48-39/h11-28,50H,7-10H2,1-6H3. The van der Waals surface area contributed by atoms with E-state index in [0.717, 1.165) is 103 Å². The number of rotatable bonds is 8. The zero-order valence-electron chi connectivity index (χ0n) is 30.9. The highest BCUT2D eigenvalue weighted by molar-refractivity contribution is 6.21. The molecule has 8 bridgehead atoms. The molecule has 4 heterocycles. The van der Waals surface area contributed by atoms with E-state index in [0.29, 0.717) is 13.2 Å². The van der Waals surface area contributed by atoms with Gasteiger partial charge in [0.1, 0.15) is 0 Å². The lowest BCUT2D eigenvalue weighted by atomic mass is 9.93. The maximum Gasteiger partial charge on any atom is 0.223 e. The second-order valence-corrected chi connectivity index (χ2v) is 13.5. The van der Waals surface area contributed by atoms with Gasteiger partial charge in [-0.05, 0) is 109 Å². The lowest BCUT2D eigenvalue weighted by Crippen LogP contribution is -2.36. The van der Waals surface area contributed by atoms with Crippen molar-refractivity contribution in [2.24, 2.45) is 9.98 Å². The normalized spacial score (nSPS) is 17.4. The van der Waals surface area contributed by atoms with Crippen molar-refractivity contribution >= 4 is 34.7 Å². The number of fused-ring (bicyclic) bond motifs is 9. The van der Waals surface area contributed by atoms with Crippen molar-refractivity contribution in [1.29, 1.82) is 0 Å². The minimum absolute atomic E-state index is 0.473. The van der Waals surface area contributed by atoms with E-state index in [1.54, 1.807) is 0 Å². The number of nitrogens with one attached hydrogen (secondary N) is 1. The van der Waals surface area contributed by atoms with Gasteiger partial charge in [-0.15, -0.1) is 0 Å². The molecule has 0 radical (unpaired) electrons. The third-order valence-electron chi connectivity index (χ3n) is 10.7. The van der Waals surface area contributed by atoms with E-state index in [4.69, 9.17) is 19.5 Å². The number of benzene rings is 3. The number of allylic oxidation sites excluding steroid dienone is 6. The van der Waals surface area contributed by atoms with Gasteiger partial charge in [-0.25, -0.2) is 9.98 Å². The quantitative estimate of drug-likeness (QED) is 0.188. The average molecular weight is 684 g/mol. The Bertz CT molecular complexity index is 2180. The first-order valence-corrected chi connectivity index (χ1v) is 18.6. The van der Waals surface area contributed by atoms with Crippen LogP contribution in [0.2, 0.25) is 0 Å². The van der Waals surface area contributed by atoms with Crippen LogP contribution in [0.15, 0.2) is 141 Å². The molecule has 0 fully saturated rings. The predicted molar refractivity (Wildman–Crippen MR) is 217 cm³/mol. The Morgan fingerprint density at radius 3 is 1.33 bits per heavy atom. The summed E-state index contributed by atoms with van der Waals surface area (Å²) in [4.78, 5) is 14.7. The van der Waals surface area contributed by atoms with Crippen LogP contribution in [0.1, 0.15) is 76.9 Å². The molecule has 5 heteroatoms. The number of aliphatic imine (C=N–C) groups is 2. The SMILES string of the molecule is CCOC1(OCC)C2=CC3=NC(=Cc4[nH]c(c(-c5ccccc5)c4-c4ccccc4)C=C4N=C(C=C1c1ccccc12)C(C)=C4CC)C(CC)=C3C. The lowest BCUT2D eigenvalue weighted by Gasteiger charge is -2.32. The summed E-state index contributed by atoms with van der Waals surface area (Å²) in [7, 11) is 0. The fraction of sp³-hybridized carbons (Fsp3) is 0.234. The molecule has 1 N–H and O–H groups in total. The van der Waals surface area contributed by atoms with E-state index in [2.05, 4.69) is 142 Å². The van der Waals surface area contributed by atoms with Crippen molar-refractivity contribution in [1.82, 2.24) is 4.98 Å². The molecule has 0 spiro atoms. The number of nitrogens with zero attached hydrogens (tertiary/aromatic N) is 2. The van der Waals surface area contributed by atoms with Crippen LogP contribution in [0, 0.1) is 0 Å². The Morgan fingerprint density at radius 2 is 0.942 bits per heavy atom. The molecule has 4 aliphatic rings. The van der Waals surface area contributed by atoms with Crippen LogP contribution in [-0.4, -0.2) is 35.4 Å². The first-order chi connectivity index (χ1) is 25.4. The van der Waals surface area contributed by atoms with Gasteiger partial charge < -0.3 is 14.5 Å². The van der Waals surface area contributed by atoms with Crippen LogP contribution < -0.4 is 0 Å². The third-order valence-corrected chi connectivity index (χ3v) is 10.7. The molecule has 1 aliphatic carbocycles. The highest BCUT2D eigenvalue weighted by Crippen LogP contribution is 2.53. The van der Waals surface area contributed by atoms with Crippen LogP contribution in [0.25, 0.3) is 45.6 Å². The zero-order chi connectivity index (χ0) is 36.0. The van der Waals surface area contributed by atoms with Gasteiger partial charge >= 0.3 is 0 Å². The molecule has 0 saturated carbocycles. The van der Waals surface area contributed by atoms with E-state index in [1.807, 2.05) is 13.8 Å². The van der Waals surface area contributed by atoms with Crippen molar-refractivity contribution in [3.63, 3.8) is 0 Å². The first kappa shape index (κ1) is 33.8. The Kier molecular flexibility index (Phi) is 8.86. The molecule has 1 aromatic heterocycles. The molecule has 4 aromatic rings. The van der Waals surface area contributed by atoms with Crippen molar-refractivity contribution in [2.45, 2.75) is 60.2 Å². The van der Waals surface area contributed by atoms with Gasteiger partial charge in [0.25, 0.3) is 0 Å². The summed E-state index contributed by atoms with van der Waals surface area (Å²) in [5.41, 5.74) is 19.3. The summed E-state index contributed by atoms with van der Waals surface area (Å²) >= 11 is 0. The van der Waals surface area contributed by atoms with Gasteiger partial charge in [0.2, 0.25) is 5.79 Å². The van der Waals surface area contributed by atoms with Gasteiger partial charge in [-0.3, -0.25) is 0 Å². The summed E-state index contributed by atoms with van der Waals surface area (Å²) in [5.74, 6) is -1.12. The van der Waals surface area contributed by atoms with Gasteiger partial charge in [0.05, 0.1) is 22.8 Å². The van der Waals surface area contributed by atoms with Crippen LogP contribution in [0.4, 0.5) is 0 Å². The van der Waals surface area contributed by atoms with Crippen molar-refractivity contribution < 1.29 is 9.47 Å². The number of hydrogen-bond donors (Lipinski definition) is 1. The van der Waals surface area contributed by atoms with Crippen molar-refractivity contribution in [2.75, 3.05) is 13.2 Å². The van der Waals surface area contributed by atoms with Gasteiger partial charge in [0.15, 0.2) is 0 Å². The zero-order valence-corrected chi connectivity index (χ0v) is 30.9. The number of aromatic amines is 1. The topological polar surface area (TPSA) is 59.0 Å². The maximum atomic E-state index is 6.79. The molecule has 0 atom stereocenters. The first-order valence-electron chi connectivity index (χ1n) is 18.6. The molecule has 52 heavy (non-hydrogen) atoms. The van der Waals surface area contributed by atoms with Crippen LogP contribution >= 0.6 is 0 Å². The minimum atomic E-state index is -1.12. The molecule has 8 rings (SSSR count). The maximum absolute atomic E-state index is 6.79. The summed E-state index contributed by atoms with van der Waals surface area (Å²) in [6.45, 7) is 13.8. The Labute approximate surface area is 307 Å². The molecular formula is C47H45N3O2. The second-order valence-electron chi connectivity index (χ2n) is 13.5. The molecule has 5 nitrogen and oxygen atoms in total. The summed E-state index contributed by atoms with van der Waals surface area (Å²) in [5, 5.41) is 0. The van der Waals surface area contributed by atoms with E-state index < -0.39 is 5.79 Å². The number of aromatic nitrogens is 1. The second kappa shape index (κ2) is 13.6. The Hall–Kier alpha value is -5.36. The molecule has 3 aromatic carbocycles. The molecule has 0 unspecified atom stereocenters. The van der Waals surface area contributed by atoms with Gasteiger partial charge in [-0.1, -0.05) is 98.8 Å². The third kappa shape index (κ3) is 5.39. The number of hydrogen-bond acceptors (Lipinski definition) is 4. The van der Waals surface area contributed by atoms with Crippen LogP contribution in [0.5, 0.6) is 0 Å². The highest BCUT2D eigenvalue weighted by atomic mass is 16.7. The van der Waals surface area contributed by atoms with Gasteiger partial charge in [-0.2, -0.15) is 0 Å². The fourth-order valence-electron chi connectivity index (χ4n) is 8.34. The van der Waals surface area contributed by atoms with E-state index in [9.17, 15) is 0 Å². The van der Waals surface area contributed by atoms with Crippen LogP contribution in [0.3, 0.4) is 0 Å². The average Bonchev–Trinajstić information content (AvgIpc) is 3.84. The smallest absolute Gasteiger partial charge is 0.223 e. The number of ether oxygens (including phenoxy) is 2. The molecule has 0 amide bonds. The summed E-state index contributed by atoms with van der Waals surface area (Å²) in [6.07, 6.45) is 10.6. The molecule has 3 aliphatic heterocycles. The van der Waals surface area contributed by atoms with E-state index in [-0.39, 0.29) is 0 Å².